The summed E-state index contributed by atoms with van der Waals surface area (Å²) in [6.07, 6.45) is 5.14. The summed E-state index contributed by atoms with van der Waals surface area (Å²) in [5.41, 5.74) is 2.31. The maximum atomic E-state index is 4.56. The molecule has 2 fully saturated rings. The summed E-state index contributed by atoms with van der Waals surface area (Å²) in [4.78, 5) is 9.11. The maximum absolute atomic E-state index is 4.56. The van der Waals surface area contributed by atoms with E-state index in [4.69, 9.17) is 0 Å². The van der Waals surface area contributed by atoms with Gasteiger partial charge in [-0.25, -0.2) is 0 Å². The fraction of sp³-hybridized carbons (Fsp3) is 0.800. The second kappa shape index (κ2) is 3.00. The van der Waals surface area contributed by atoms with Crippen LogP contribution in [-0.4, -0.2) is 23.5 Å². The standard InChI is InChI=1S/C10H16N2/c1-7(11-9-3-4-9)8(2)12-10-5-6-10/h9-10H,3-6H2,1-2H3. The first-order chi connectivity index (χ1) is 5.75. The van der Waals surface area contributed by atoms with E-state index in [1.807, 2.05) is 0 Å². The van der Waals surface area contributed by atoms with Crippen molar-refractivity contribution in [1.82, 2.24) is 0 Å². The van der Waals surface area contributed by atoms with Crippen LogP contribution >= 0.6 is 0 Å². The van der Waals surface area contributed by atoms with Crippen molar-refractivity contribution in [2.75, 3.05) is 0 Å². The monoisotopic (exact) mass is 164 g/mol. The Hall–Kier alpha value is -0.660. The zero-order chi connectivity index (χ0) is 8.55. The van der Waals surface area contributed by atoms with Gasteiger partial charge in [-0.15, -0.1) is 0 Å². The summed E-state index contributed by atoms with van der Waals surface area (Å²) in [5, 5.41) is 0. The predicted octanol–water partition coefficient (Wildman–Crippen LogP) is 2.23. The Morgan fingerprint density at radius 2 is 1.17 bits per heavy atom. The van der Waals surface area contributed by atoms with Crippen molar-refractivity contribution in [3.05, 3.63) is 0 Å². The molecule has 0 radical (unpaired) electrons. The van der Waals surface area contributed by atoms with Crippen molar-refractivity contribution >= 4 is 11.4 Å². The molecule has 2 aliphatic rings. The summed E-state index contributed by atoms with van der Waals surface area (Å²) in [5.74, 6) is 0. The molecule has 12 heavy (non-hydrogen) atoms. The van der Waals surface area contributed by atoms with Crippen molar-refractivity contribution in [3.63, 3.8) is 0 Å². The summed E-state index contributed by atoms with van der Waals surface area (Å²) in [7, 11) is 0. The summed E-state index contributed by atoms with van der Waals surface area (Å²) >= 11 is 0. The number of nitrogens with zero attached hydrogens (tertiary/aromatic N) is 2. The van der Waals surface area contributed by atoms with Gasteiger partial charge in [-0.05, 0) is 39.5 Å². The van der Waals surface area contributed by atoms with Gasteiger partial charge in [0.2, 0.25) is 0 Å². The quantitative estimate of drug-likeness (QED) is 0.571. The van der Waals surface area contributed by atoms with Crippen LogP contribution in [0.5, 0.6) is 0 Å². The minimum atomic E-state index is 0.634. The first kappa shape index (κ1) is 7.96. The zero-order valence-electron chi connectivity index (χ0n) is 7.88. The molecule has 0 aromatic heterocycles. The summed E-state index contributed by atoms with van der Waals surface area (Å²) in [6, 6.07) is 1.27. The highest BCUT2D eigenvalue weighted by Crippen LogP contribution is 2.25. The Balaban J connectivity index is 1.95. The maximum Gasteiger partial charge on any atom is 0.0528 e. The van der Waals surface area contributed by atoms with Gasteiger partial charge in [0.25, 0.3) is 0 Å². The van der Waals surface area contributed by atoms with E-state index in [9.17, 15) is 0 Å². The molecule has 0 atom stereocenters. The van der Waals surface area contributed by atoms with Gasteiger partial charge in [0.05, 0.1) is 23.5 Å². The molecule has 2 saturated carbocycles. The fourth-order valence-corrected chi connectivity index (χ4v) is 1.14. The number of hydrogen-bond donors (Lipinski definition) is 0. The normalized spacial score (nSPS) is 26.2. The molecule has 0 heterocycles. The third-order valence-electron chi connectivity index (χ3n) is 2.37. The lowest BCUT2D eigenvalue weighted by Crippen LogP contribution is -2.07. The lowest BCUT2D eigenvalue weighted by molar-refractivity contribution is 1.05. The van der Waals surface area contributed by atoms with Crippen LogP contribution in [0.1, 0.15) is 39.5 Å². The van der Waals surface area contributed by atoms with Gasteiger partial charge in [-0.2, -0.15) is 0 Å². The van der Waals surface area contributed by atoms with E-state index >= 15 is 0 Å². The molecule has 0 aliphatic heterocycles. The molecule has 0 N–H and O–H groups in total. The molecule has 66 valence electrons. The van der Waals surface area contributed by atoms with Crippen molar-refractivity contribution < 1.29 is 0 Å². The Bertz CT molecular complexity index is 206. The highest BCUT2D eigenvalue weighted by Gasteiger charge is 2.22. The predicted molar refractivity (Wildman–Crippen MR) is 52.3 cm³/mol. The minimum absolute atomic E-state index is 0.634. The van der Waals surface area contributed by atoms with Crippen molar-refractivity contribution in [2.24, 2.45) is 9.98 Å². The average Bonchev–Trinajstić information content (AvgIpc) is 2.79. The molecule has 0 aromatic carbocycles. The Labute approximate surface area is 73.8 Å². The third-order valence-corrected chi connectivity index (χ3v) is 2.37. The van der Waals surface area contributed by atoms with Crippen molar-refractivity contribution in [2.45, 2.75) is 51.6 Å². The number of rotatable bonds is 3. The Morgan fingerprint density at radius 1 is 0.833 bits per heavy atom. The molecule has 0 saturated heterocycles. The molecule has 2 heteroatoms. The van der Waals surface area contributed by atoms with Gasteiger partial charge >= 0.3 is 0 Å². The van der Waals surface area contributed by atoms with Crippen LogP contribution in [0.15, 0.2) is 9.98 Å². The second-order valence-electron chi connectivity index (χ2n) is 3.89. The van der Waals surface area contributed by atoms with Crippen LogP contribution < -0.4 is 0 Å². The number of hydrogen-bond acceptors (Lipinski definition) is 2. The molecule has 0 unspecified atom stereocenters. The van der Waals surface area contributed by atoms with E-state index in [1.54, 1.807) is 0 Å². The highest BCUT2D eigenvalue weighted by molar-refractivity contribution is 6.40. The molecular formula is C10H16N2. The fourth-order valence-electron chi connectivity index (χ4n) is 1.14. The van der Waals surface area contributed by atoms with Crippen LogP contribution in [0.2, 0.25) is 0 Å². The van der Waals surface area contributed by atoms with E-state index < -0.39 is 0 Å². The molecule has 2 aliphatic carbocycles. The van der Waals surface area contributed by atoms with Crippen molar-refractivity contribution in [3.8, 4) is 0 Å². The van der Waals surface area contributed by atoms with Crippen LogP contribution in [0.3, 0.4) is 0 Å². The first-order valence-corrected chi connectivity index (χ1v) is 4.85. The Morgan fingerprint density at radius 3 is 1.42 bits per heavy atom. The number of aliphatic imine (C=N–C) groups is 2. The molecule has 0 spiro atoms. The van der Waals surface area contributed by atoms with E-state index in [-0.39, 0.29) is 0 Å². The third kappa shape index (κ3) is 2.16. The van der Waals surface area contributed by atoms with E-state index in [1.165, 1.54) is 25.7 Å². The van der Waals surface area contributed by atoms with Crippen molar-refractivity contribution in [1.29, 1.82) is 0 Å². The van der Waals surface area contributed by atoms with E-state index in [2.05, 4.69) is 23.8 Å². The van der Waals surface area contributed by atoms with Gasteiger partial charge in [0, 0.05) is 0 Å². The molecule has 2 rings (SSSR count). The van der Waals surface area contributed by atoms with E-state index in [0.29, 0.717) is 12.1 Å². The van der Waals surface area contributed by atoms with Crippen LogP contribution in [0, 0.1) is 0 Å². The lowest BCUT2D eigenvalue weighted by atomic mass is 10.3. The zero-order valence-corrected chi connectivity index (χ0v) is 7.88. The van der Waals surface area contributed by atoms with Gasteiger partial charge in [-0.1, -0.05) is 0 Å². The average molecular weight is 164 g/mol. The largest absolute Gasteiger partial charge is 0.285 e. The van der Waals surface area contributed by atoms with Gasteiger partial charge in [0.15, 0.2) is 0 Å². The molecule has 2 nitrogen and oxygen atoms in total. The lowest BCUT2D eigenvalue weighted by Gasteiger charge is -1.98. The minimum Gasteiger partial charge on any atom is -0.285 e. The molecule has 0 amide bonds. The van der Waals surface area contributed by atoms with Gasteiger partial charge < -0.3 is 0 Å². The molecular weight excluding hydrogens is 148 g/mol. The summed E-state index contributed by atoms with van der Waals surface area (Å²) < 4.78 is 0. The van der Waals surface area contributed by atoms with Crippen LogP contribution in [0.4, 0.5) is 0 Å². The second-order valence-corrected chi connectivity index (χ2v) is 3.89. The summed E-state index contributed by atoms with van der Waals surface area (Å²) in [6.45, 7) is 4.17. The topological polar surface area (TPSA) is 24.7 Å². The van der Waals surface area contributed by atoms with Gasteiger partial charge in [0.1, 0.15) is 0 Å². The van der Waals surface area contributed by atoms with Crippen LogP contribution in [0.25, 0.3) is 0 Å². The smallest absolute Gasteiger partial charge is 0.0528 e. The molecule has 0 aromatic rings. The first-order valence-electron chi connectivity index (χ1n) is 4.85. The SMILES string of the molecule is CC(=NC1CC1)C(C)=NC1CC1. The van der Waals surface area contributed by atoms with Gasteiger partial charge in [-0.3, -0.25) is 9.98 Å². The van der Waals surface area contributed by atoms with Crippen LogP contribution in [-0.2, 0) is 0 Å². The highest BCUT2D eigenvalue weighted by atomic mass is 14.9. The van der Waals surface area contributed by atoms with E-state index in [0.717, 1.165) is 11.4 Å². The Kier molecular flexibility index (Phi) is 1.99. The molecule has 0 bridgehead atoms.